The van der Waals surface area contributed by atoms with Crippen LogP contribution in [0.5, 0.6) is 0 Å². The molecule has 0 aliphatic carbocycles. The van der Waals surface area contributed by atoms with Gasteiger partial charge < -0.3 is 5.32 Å². The summed E-state index contributed by atoms with van der Waals surface area (Å²) in [6.07, 6.45) is 3.02. The molecule has 0 saturated carbocycles. The minimum atomic E-state index is -0.0944. The summed E-state index contributed by atoms with van der Waals surface area (Å²) in [5, 5.41) is 3.53. The maximum absolute atomic E-state index is 12.9. The molecule has 1 atom stereocenters. The molecule has 1 aromatic heterocycles. The van der Waals surface area contributed by atoms with Gasteiger partial charge in [-0.2, -0.15) is 0 Å². The molecule has 5 heteroatoms. The van der Waals surface area contributed by atoms with E-state index < -0.39 is 0 Å². The van der Waals surface area contributed by atoms with E-state index in [2.05, 4.69) is 17.2 Å². The molecule has 5 nitrogen and oxygen atoms in total. The number of hydrogen-bond donors (Lipinski definition) is 1. The highest BCUT2D eigenvalue weighted by atomic mass is 16.2. The van der Waals surface area contributed by atoms with Gasteiger partial charge in [0.05, 0.1) is 16.6 Å². The average Bonchev–Trinajstić information content (AvgIpc) is 2.67. The molecule has 0 fully saturated rings. The van der Waals surface area contributed by atoms with E-state index in [-0.39, 0.29) is 17.4 Å². The van der Waals surface area contributed by atoms with E-state index in [9.17, 15) is 9.59 Å². The Labute approximate surface area is 159 Å². The summed E-state index contributed by atoms with van der Waals surface area (Å²) >= 11 is 0. The van der Waals surface area contributed by atoms with Crippen LogP contribution in [0.1, 0.15) is 38.9 Å². The van der Waals surface area contributed by atoms with Gasteiger partial charge in [-0.3, -0.25) is 14.2 Å². The topological polar surface area (TPSA) is 64.0 Å². The van der Waals surface area contributed by atoms with Crippen LogP contribution in [0.25, 0.3) is 16.6 Å². The molecule has 0 saturated heterocycles. The van der Waals surface area contributed by atoms with Crippen molar-refractivity contribution in [3.8, 4) is 5.69 Å². The Bertz CT molecular complexity index is 1010. The summed E-state index contributed by atoms with van der Waals surface area (Å²) < 4.78 is 1.60. The van der Waals surface area contributed by atoms with Crippen LogP contribution in [-0.4, -0.2) is 15.5 Å². The molecular weight excluding hydrogens is 338 g/mol. The zero-order valence-electron chi connectivity index (χ0n) is 16.0. The standard InChI is InChI=1S/C22H25N3O2/c1-4-5-8-15(2)21(26)24-17-11-13-18(14-12-17)25-16(3)23-20-10-7-6-9-19(20)22(25)27/h6-7,9-15H,4-5,8H2,1-3H3,(H,24,26). The van der Waals surface area contributed by atoms with E-state index in [0.29, 0.717) is 16.7 Å². The Kier molecular flexibility index (Phi) is 5.69. The quantitative estimate of drug-likeness (QED) is 0.703. The number of unbranched alkanes of at least 4 members (excludes halogenated alkanes) is 1. The van der Waals surface area contributed by atoms with Crippen molar-refractivity contribution in [3.63, 3.8) is 0 Å². The van der Waals surface area contributed by atoms with E-state index in [0.717, 1.165) is 30.6 Å². The number of anilines is 1. The third kappa shape index (κ3) is 4.08. The van der Waals surface area contributed by atoms with Crippen molar-refractivity contribution in [1.82, 2.24) is 9.55 Å². The van der Waals surface area contributed by atoms with Crippen LogP contribution in [0.3, 0.4) is 0 Å². The van der Waals surface area contributed by atoms with Gasteiger partial charge in [0.25, 0.3) is 5.56 Å². The largest absolute Gasteiger partial charge is 0.326 e. The van der Waals surface area contributed by atoms with Crippen molar-refractivity contribution in [2.45, 2.75) is 40.0 Å². The van der Waals surface area contributed by atoms with Crippen LogP contribution in [0.15, 0.2) is 53.3 Å². The average molecular weight is 363 g/mol. The van der Waals surface area contributed by atoms with Crippen LogP contribution in [0.4, 0.5) is 5.69 Å². The molecule has 1 heterocycles. The van der Waals surface area contributed by atoms with Crippen molar-refractivity contribution in [1.29, 1.82) is 0 Å². The first kappa shape index (κ1) is 18.8. The minimum Gasteiger partial charge on any atom is -0.326 e. The Balaban J connectivity index is 1.85. The maximum Gasteiger partial charge on any atom is 0.265 e. The monoisotopic (exact) mass is 363 g/mol. The molecule has 1 N–H and O–H groups in total. The van der Waals surface area contributed by atoms with Crippen molar-refractivity contribution >= 4 is 22.5 Å². The molecular formula is C22H25N3O2. The number of fused-ring (bicyclic) bond motifs is 1. The number of carbonyl (C=O) groups excluding carboxylic acids is 1. The molecule has 0 bridgehead atoms. The molecule has 2 aromatic carbocycles. The lowest BCUT2D eigenvalue weighted by atomic mass is 10.0. The predicted octanol–water partition coefficient (Wildman–Crippen LogP) is 4.46. The Morgan fingerprint density at radius 2 is 1.85 bits per heavy atom. The van der Waals surface area contributed by atoms with Crippen LogP contribution in [-0.2, 0) is 4.79 Å². The summed E-state index contributed by atoms with van der Waals surface area (Å²) in [5.74, 6) is 0.639. The molecule has 0 spiro atoms. The first-order valence-corrected chi connectivity index (χ1v) is 9.41. The van der Waals surface area contributed by atoms with Gasteiger partial charge in [-0.25, -0.2) is 4.98 Å². The van der Waals surface area contributed by atoms with Crippen molar-refractivity contribution < 1.29 is 4.79 Å². The first-order valence-electron chi connectivity index (χ1n) is 9.41. The number of amides is 1. The van der Waals surface area contributed by atoms with Gasteiger partial charge in [-0.15, -0.1) is 0 Å². The lowest BCUT2D eigenvalue weighted by Gasteiger charge is -2.13. The smallest absolute Gasteiger partial charge is 0.265 e. The lowest BCUT2D eigenvalue weighted by Crippen LogP contribution is -2.22. The molecule has 27 heavy (non-hydrogen) atoms. The van der Waals surface area contributed by atoms with Crippen molar-refractivity contribution in [3.05, 3.63) is 64.7 Å². The van der Waals surface area contributed by atoms with Gasteiger partial charge in [0.1, 0.15) is 5.82 Å². The fourth-order valence-corrected chi connectivity index (χ4v) is 3.15. The highest BCUT2D eigenvalue weighted by Crippen LogP contribution is 2.17. The minimum absolute atomic E-state index is 0.0146. The van der Waals surface area contributed by atoms with Gasteiger partial charge in [0.2, 0.25) is 5.91 Å². The van der Waals surface area contributed by atoms with Crippen molar-refractivity contribution in [2.75, 3.05) is 5.32 Å². The second kappa shape index (κ2) is 8.16. The molecule has 140 valence electrons. The Morgan fingerprint density at radius 3 is 2.56 bits per heavy atom. The molecule has 0 radical (unpaired) electrons. The zero-order valence-corrected chi connectivity index (χ0v) is 16.0. The Hall–Kier alpha value is -2.95. The fraction of sp³-hybridized carbons (Fsp3) is 0.318. The highest BCUT2D eigenvalue weighted by Gasteiger charge is 2.13. The second-order valence-electron chi connectivity index (χ2n) is 6.90. The number of aryl methyl sites for hydroxylation is 1. The van der Waals surface area contributed by atoms with E-state index in [1.807, 2.05) is 56.3 Å². The number of rotatable bonds is 6. The third-order valence-electron chi connectivity index (χ3n) is 4.77. The van der Waals surface area contributed by atoms with E-state index in [1.54, 1.807) is 10.6 Å². The zero-order chi connectivity index (χ0) is 19.4. The molecule has 3 aromatic rings. The number of carbonyl (C=O) groups is 1. The van der Waals surface area contributed by atoms with E-state index >= 15 is 0 Å². The number of nitrogens with one attached hydrogen (secondary N) is 1. The lowest BCUT2D eigenvalue weighted by molar-refractivity contribution is -0.119. The molecule has 1 amide bonds. The second-order valence-corrected chi connectivity index (χ2v) is 6.90. The SMILES string of the molecule is CCCCC(C)C(=O)Nc1ccc(-n2c(C)nc3ccccc3c2=O)cc1. The number of para-hydroxylation sites is 1. The predicted molar refractivity (Wildman–Crippen MR) is 109 cm³/mol. The van der Waals surface area contributed by atoms with Gasteiger partial charge in [0.15, 0.2) is 0 Å². The number of aromatic nitrogens is 2. The number of hydrogen-bond acceptors (Lipinski definition) is 3. The summed E-state index contributed by atoms with van der Waals surface area (Å²) in [4.78, 5) is 29.6. The normalized spacial score (nSPS) is 12.1. The van der Waals surface area contributed by atoms with Crippen molar-refractivity contribution in [2.24, 2.45) is 5.92 Å². The van der Waals surface area contributed by atoms with Crippen LogP contribution in [0, 0.1) is 12.8 Å². The van der Waals surface area contributed by atoms with Gasteiger partial charge in [-0.05, 0) is 49.7 Å². The Morgan fingerprint density at radius 1 is 1.15 bits per heavy atom. The van der Waals surface area contributed by atoms with Crippen LogP contribution >= 0.6 is 0 Å². The first-order chi connectivity index (χ1) is 13.0. The van der Waals surface area contributed by atoms with Gasteiger partial charge in [-0.1, -0.05) is 38.8 Å². The molecule has 0 aliphatic rings. The number of benzene rings is 2. The van der Waals surface area contributed by atoms with Gasteiger partial charge >= 0.3 is 0 Å². The summed E-state index contributed by atoms with van der Waals surface area (Å²) in [5.41, 5.74) is 2.06. The number of nitrogens with zero attached hydrogens (tertiary/aromatic N) is 2. The van der Waals surface area contributed by atoms with Gasteiger partial charge in [0, 0.05) is 11.6 Å². The third-order valence-corrected chi connectivity index (χ3v) is 4.77. The molecule has 3 rings (SSSR count). The molecule has 0 aliphatic heterocycles. The van der Waals surface area contributed by atoms with Crippen LogP contribution < -0.4 is 10.9 Å². The molecule has 1 unspecified atom stereocenters. The van der Waals surface area contributed by atoms with E-state index in [4.69, 9.17) is 0 Å². The summed E-state index contributed by atoms with van der Waals surface area (Å²) in [6.45, 7) is 5.89. The summed E-state index contributed by atoms with van der Waals surface area (Å²) in [7, 11) is 0. The highest BCUT2D eigenvalue weighted by molar-refractivity contribution is 5.92. The maximum atomic E-state index is 12.9. The fourth-order valence-electron chi connectivity index (χ4n) is 3.15. The summed E-state index contributed by atoms with van der Waals surface area (Å²) in [6, 6.07) is 14.6. The van der Waals surface area contributed by atoms with E-state index in [1.165, 1.54) is 0 Å². The van der Waals surface area contributed by atoms with Crippen LogP contribution in [0.2, 0.25) is 0 Å².